The maximum atomic E-state index is 9.78. The normalized spacial score (nSPS) is 29.2. The second kappa shape index (κ2) is 7.22. The summed E-state index contributed by atoms with van der Waals surface area (Å²) in [4.78, 5) is 2.19. The summed E-state index contributed by atoms with van der Waals surface area (Å²) in [5, 5.41) is 19.2. The number of aliphatic hydroxyl groups is 2. The van der Waals surface area contributed by atoms with Crippen molar-refractivity contribution in [1.29, 1.82) is 0 Å². The van der Waals surface area contributed by atoms with E-state index in [1.54, 1.807) is 0 Å². The Kier molecular flexibility index (Phi) is 6.28. The van der Waals surface area contributed by atoms with Gasteiger partial charge in [-0.1, -0.05) is 6.92 Å². The lowest BCUT2D eigenvalue weighted by molar-refractivity contribution is -0.0155. The van der Waals surface area contributed by atoms with Crippen LogP contribution in [-0.4, -0.2) is 60.2 Å². The second-order valence-electron chi connectivity index (χ2n) is 4.68. The summed E-state index contributed by atoms with van der Waals surface area (Å²) in [5.41, 5.74) is 0. The lowest BCUT2D eigenvalue weighted by Crippen LogP contribution is -2.50. The summed E-state index contributed by atoms with van der Waals surface area (Å²) in [5.74, 6) is 0.512. The monoisotopic (exact) mass is 231 g/mol. The Morgan fingerprint density at radius 2 is 2.25 bits per heavy atom. The Bertz CT molecular complexity index is 189. The van der Waals surface area contributed by atoms with Gasteiger partial charge in [0.2, 0.25) is 0 Å². The fourth-order valence-electron chi connectivity index (χ4n) is 2.43. The molecular weight excluding hydrogens is 206 g/mol. The average Bonchev–Trinajstić information content (AvgIpc) is 2.27. The van der Waals surface area contributed by atoms with E-state index in [1.165, 1.54) is 6.42 Å². The summed E-state index contributed by atoms with van der Waals surface area (Å²) < 4.78 is 5.19. The van der Waals surface area contributed by atoms with Crippen molar-refractivity contribution >= 4 is 0 Å². The molecule has 1 aliphatic rings. The Morgan fingerprint density at radius 1 is 1.50 bits per heavy atom. The van der Waals surface area contributed by atoms with E-state index in [0.29, 0.717) is 25.7 Å². The van der Waals surface area contributed by atoms with Crippen LogP contribution in [0.1, 0.15) is 26.7 Å². The predicted octanol–water partition coefficient (Wildman–Crippen LogP) is 0.477. The van der Waals surface area contributed by atoms with Gasteiger partial charge in [0.25, 0.3) is 0 Å². The highest BCUT2D eigenvalue weighted by Crippen LogP contribution is 2.22. The number of aliphatic hydroxyl groups excluding tert-OH is 2. The minimum atomic E-state index is -0.445. The highest BCUT2D eigenvalue weighted by molar-refractivity contribution is 4.82. The van der Waals surface area contributed by atoms with E-state index in [4.69, 9.17) is 4.74 Å². The molecule has 0 aromatic heterocycles. The minimum Gasteiger partial charge on any atom is -0.395 e. The molecule has 0 spiro atoms. The molecule has 0 radical (unpaired) electrons. The summed E-state index contributed by atoms with van der Waals surface area (Å²) in [6.07, 6.45) is 1.88. The van der Waals surface area contributed by atoms with Crippen molar-refractivity contribution in [2.45, 2.75) is 38.8 Å². The number of ether oxygens (including phenoxy) is 1. The molecule has 1 saturated heterocycles. The maximum absolute atomic E-state index is 9.78. The number of likely N-dealkylation sites (tertiary alicyclic amines) is 1. The average molecular weight is 231 g/mol. The second-order valence-corrected chi connectivity index (χ2v) is 4.68. The van der Waals surface area contributed by atoms with Crippen LogP contribution in [0.15, 0.2) is 0 Å². The first-order valence-corrected chi connectivity index (χ1v) is 6.29. The van der Waals surface area contributed by atoms with Gasteiger partial charge < -0.3 is 14.9 Å². The van der Waals surface area contributed by atoms with Crippen molar-refractivity contribution in [3.8, 4) is 0 Å². The van der Waals surface area contributed by atoms with E-state index in [-0.39, 0.29) is 12.6 Å². The van der Waals surface area contributed by atoms with E-state index in [0.717, 1.165) is 13.0 Å². The number of β-amino-alcohol motifs (C(OH)–C–C–N with tert-alkyl or cyclic N) is 1. The topological polar surface area (TPSA) is 52.9 Å². The lowest BCUT2D eigenvalue weighted by atomic mass is 9.91. The van der Waals surface area contributed by atoms with Crippen LogP contribution in [-0.2, 0) is 4.74 Å². The van der Waals surface area contributed by atoms with Crippen LogP contribution < -0.4 is 0 Å². The first kappa shape index (κ1) is 13.9. The third-order valence-corrected chi connectivity index (χ3v) is 3.38. The van der Waals surface area contributed by atoms with Gasteiger partial charge >= 0.3 is 0 Å². The van der Waals surface area contributed by atoms with E-state index < -0.39 is 6.10 Å². The van der Waals surface area contributed by atoms with Gasteiger partial charge in [0.05, 0.1) is 19.3 Å². The number of rotatable bonds is 6. The van der Waals surface area contributed by atoms with Gasteiger partial charge in [-0.05, 0) is 32.2 Å². The van der Waals surface area contributed by atoms with Crippen molar-refractivity contribution in [3.05, 3.63) is 0 Å². The first-order valence-electron chi connectivity index (χ1n) is 6.29. The number of hydrogen-bond acceptors (Lipinski definition) is 4. The standard InChI is InChI=1S/C12H25NO3/c1-3-16-9-11(15)7-13-6-4-5-10(2)12(13)8-14/h10-12,14-15H,3-9H2,1-2H3/t10-,11-,12-/m1/s1. The third kappa shape index (κ3) is 4.01. The molecule has 0 amide bonds. The smallest absolute Gasteiger partial charge is 0.0900 e. The van der Waals surface area contributed by atoms with Crippen molar-refractivity contribution in [1.82, 2.24) is 4.90 Å². The highest BCUT2D eigenvalue weighted by atomic mass is 16.5. The Balaban J connectivity index is 2.38. The molecule has 0 saturated carbocycles. The molecule has 3 atom stereocenters. The molecule has 16 heavy (non-hydrogen) atoms. The van der Waals surface area contributed by atoms with Gasteiger partial charge in [-0.3, -0.25) is 4.90 Å². The van der Waals surface area contributed by atoms with E-state index >= 15 is 0 Å². The van der Waals surface area contributed by atoms with Crippen LogP contribution >= 0.6 is 0 Å². The van der Waals surface area contributed by atoms with Crippen molar-refractivity contribution < 1.29 is 14.9 Å². The van der Waals surface area contributed by atoms with Crippen LogP contribution in [0.3, 0.4) is 0 Å². The zero-order valence-electron chi connectivity index (χ0n) is 10.4. The van der Waals surface area contributed by atoms with Crippen LogP contribution in [0.4, 0.5) is 0 Å². The molecule has 1 rings (SSSR count). The number of piperidine rings is 1. The van der Waals surface area contributed by atoms with E-state index in [1.807, 2.05) is 6.92 Å². The summed E-state index contributed by atoms with van der Waals surface area (Å²) in [6.45, 7) is 6.88. The molecule has 2 N–H and O–H groups in total. The van der Waals surface area contributed by atoms with Crippen molar-refractivity contribution in [2.75, 3.05) is 32.9 Å². The van der Waals surface area contributed by atoms with E-state index in [9.17, 15) is 10.2 Å². The molecular formula is C12H25NO3. The molecule has 1 heterocycles. The molecule has 0 unspecified atom stereocenters. The van der Waals surface area contributed by atoms with Gasteiger partial charge in [-0.2, -0.15) is 0 Å². The fraction of sp³-hybridized carbons (Fsp3) is 1.00. The van der Waals surface area contributed by atoms with Gasteiger partial charge in [-0.15, -0.1) is 0 Å². The molecule has 4 heteroatoms. The number of nitrogens with zero attached hydrogens (tertiary/aromatic N) is 1. The Morgan fingerprint density at radius 3 is 2.88 bits per heavy atom. The zero-order chi connectivity index (χ0) is 12.0. The Hall–Kier alpha value is -0.160. The van der Waals surface area contributed by atoms with Gasteiger partial charge in [0.15, 0.2) is 0 Å². The molecule has 4 nitrogen and oxygen atoms in total. The molecule has 0 bridgehead atoms. The summed E-state index contributed by atoms with van der Waals surface area (Å²) >= 11 is 0. The lowest BCUT2D eigenvalue weighted by Gasteiger charge is -2.39. The third-order valence-electron chi connectivity index (χ3n) is 3.38. The molecule has 1 fully saturated rings. The molecule has 0 aromatic carbocycles. The summed E-state index contributed by atoms with van der Waals surface area (Å²) in [7, 11) is 0. The van der Waals surface area contributed by atoms with Crippen LogP contribution in [0, 0.1) is 5.92 Å². The molecule has 0 aromatic rings. The first-order chi connectivity index (χ1) is 7.69. The Labute approximate surface area is 98.2 Å². The predicted molar refractivity (Wildman–Crippen MR) is 63.3 cm³/mol. The molecule has 96 valence electrons. The minimum absolute atomic E-state index is 0.183. The van der Waals surface area contributed by atoms with Gasteiger partial charge in [0.1, 0.15) is 0 Å². The summed E-state index contributed by atoms with van der Waals surface area (Å²) in [6, 6.07) is 0.199. The van der Waals surface area contributed by atoms with Crippen LogP contribution in [0.25, 0.3) is 0 Å². The van der Waals surface area contributed by atoms with Gasteiger partial charge in [-0.25, -0.2) is 0 Å². The maximum Gasteiger partial charge on any atom is 0.0900 e. The quantitative estimate of drug-likeness (QED) is 0.698. The van der Waals surface area contributed by atoms with Crippen LogP contribution in [0.2, 0.25) is 0 Å². The van der Waals surface area contributed by atoms with Gasteiger partial charge in [0, 0.05) is 19.2 Å². The fourth-order valence-corrected chi connectivity index (χ4v) is 2.43. The van der Waals surface area contributed by atoms with Crippen molar-refractivity contribution in [2.24, 2.45) is 5.92 Å². The van der Waals surface area contributed by atoms with E-state index in [2.05, 4.69) is 11.8 Å². The number of hydrogen-bond donors (Lipinski definition) is 2. The molecule has 1 aliphatic heterocycles. The largest absolute Gasteiger partial charge is 0.395 e. The van der Waals surface area contributed by atoms with Crippen molar-refractivity contribution in [3.63, 3.8) is 0 Å². The van der Waals surface area contributed by atoms with Crippen LogP contribution in [0.5, 0.6) is 0 Å². The highest BCUT2D eigenvalue weighted by Gasteiger charge is 2.28. The zero-order valence-corrected chi connectivity index (χ0v) is 10.4. The molecule has 0 aliphatic carbocycles. The SMILES string of the molecule is CCOC[C@H](O)CN1CCC[C@@H](C)[C@H]1CO.